The van der Waals surface area contributed by atoms with Gasteiger partial charge in [0, 0.05) is 18.5 Å². The van der Waals surface area contributed by atoms with Crippen molar-refractivity contribution in [1.82, 2.24) is 5.32 Å². The zero-order chi connectivity index (χ0) is 14.3. The smallest absolute Gasteiger partial charge is 0.221 e. The van der Waals surface area contributed by atoms with Crippen molar-refractivity contribution in [3.05, 3.63) is 24.3 Å². The highest BCUT2D eigenvalue weighted by molar-refractivity contribution is 5.76. The molecule has 0 heterocycles. The molecule has 1 aromatic carbocycles. The highest BCUT2D eigenvalue weighted by Crippen LogP contribution is 2.19. The first-order valence-electron chi connectivity index (χ1n) is 6.34. The normalized spacial score (nSPS) is 13.5. The summed E-state index contributed by atoms with van der Waals surface area (Å²) in [6.45, 7) is 4.14. The number of methoxy groups -OCH3 is 1. The van der Waals surface area contributed by atoms with Gasteiger partial charge in [-0.2, -0.15) is 0 Å². The molecule has 0 aliphatic rings. The summed E-state index contributed by atoms with van der Waals surface area (Å²) in [5.41, 5.74) is 5.55. The topological polar surface area (TPSA) is 73.6 Å². The lowest BCUT2D eigenvalue weighted by Gasteiger charge is -2.16. The molecule has 0 bridgehead atoms. The fourth-order valence-corrected chi connectivity index (χ4v) is 1.57. The highest BCUT2D eigenvalue weighted by atomic mass is 16.5. The summed E-state index contributed by atoms with van der Waals surface area (Å²) in [4.78, 5) is 11.4. The van der Waals surface area contributed by atoms with Crippen molar-refractivity contribution in [3.8, 4) is 11.5 Å². The van der Waals surface area contributed by atoms with Crippen molar-refractivity contribution in [2.75, 3.05) is 13.7 Å². The fourth-order valence-electron chi connectivity index (χ4n) is 1.57. The molecule has 0 aliphatic heterocycles. The van der Waals surface area contributed by atoms with Crippen LogP contribution < -0.4 is 20.5 Å². The Hall–Kier alpha value is -1.75. The SMILES string of the molecule is COc1cccc(OC(C)CNC(=O)CC(C)N)c1. The van der Waals surface area contributed by atoms with Gasteiger partial charge in [0.1, 0.15) is 17.6 Å². The number of carbonyl (C=O) groups is 1. The Balaban J connectivity index is 2.38. The van der Waals surface area contributed by atoms with E-state index in [9.17, 15) is 4.79 Å². The summed E-state index contributed by atoms with van der Waals surface area (Å²) >= 11 is 0. The number of nitrogens with one attached hydrogen (secondary N) is 1. The number of benzene rings is 1. The summed E-state index contributed by atoms with van der Waals surface area (Å²) in [7, 11) is 1.61. The molecule has 1 aromatic rings. The lowest BCUT2D eigenvalue weighted by Crippen LogP contribution is -2.36. The van der Waals surface area contributed by atoms with Crippen molar-refractivity contribution >= 4 is 5.91 Å². The number of rotatable bonds is 7. The molecule has 5 heteroatoms. The average molecular weight is 266 g/mol. The lowest BCUT2D eigenvalue weighted by atomic mass is 10.2. The van der Waals surface area contributed by atoms with E-state index >= 15 is 0 Å². The Morgan fingerprint density at radius 2 is 2.05 bits per heavy atom. The van der Waals surface area contributed by atoms with Crippen LogP contribution in [-0.2, 0) is 4.79 Å². The second kappa shape index (κ2) is 7.63. The van der Waals surface area contributed by atoms with Gasteiger partial charge in [-0.25, -0.2) is 0 Å². The lowest BCUT2D eigenvalue weighted by molar-refractivity contribution is -0.121. The van der Waals surface area contributed by atoms with Crippen LogP contribution in [0.4, 0.5) is 0 Å². The summed E-state index contributed by atoms with van der Waals surface area (Å²) in [6, 6.07) is 7.23. The zero-order valence-electron chi connectivity index (χ0n) is 11.7. The number of amides is 1. The van der Waals surface area contributed by atoms with E-state index in [0.29, 0.717) is 18.7 Å². The van der Waals surface area contributed by atoms with Crippen LogP contribution in [0.2, 0.25) is 0 Å². The van der Waals surface area contributed by atoms with Gasteiger partial charge in [-0.3, -0.25) is 4.79 Å². The predicted octanol–water partition coefficient (Wildman–Crippen LogP) is 1.32. The Bertz CT molecular complexity index is 407. The molecule has 1 rings (SSSR count). The minimum atomic E-state index is -0.130. The Morgan fingerprint density at radius 3 is 2.68 bits per heavy atom. The third kappa shape index (κ3) is 6.10. The van der Waals surface area contributed by atoms with Gasteiger partial charge >= 0.3 is 0 Å². The van der Waals surface area contributed by atoms with Gasteiger partial charge in [-0.1, -0.05) is 6.07 Å². The molecule has 2 atom stereocenters. The molecule has 0 saturated heterocycles. The van der Waals surface area contributed by atoms with E-state index < -0.39 is 0 Å². The van der Waals surface area contributed by atoms with E-state index in [1.807, 2.05) is 25.1 Å². The van der Waals surface area contributed by atoms with Crippen molar-refractivity contribution in [2.24, 2.45) is 5.73 Å². The van der Waals surface area contributed by atoms with E-state index in [2.05, 4.69) is 5.32 Å². The van der Waals surface area contributed by atoms with Gasteiger partial charge in [0.25, 0.3) is 0 Å². The van der Waals surface area contributed by atoms with Crippen LogP contribution in [0.5, 0.6) is 11.5 Å². The van der Waals surface area contributed by atoms with Crippen LogP contribution in [0.1, 0.15) is 20.3 Å². The number of hydrogen-bond acceptors (Lipinski definition) is 4. The number of ether oxygens (including phenoxy) is 2. The van der Waals surface area contributed by atoms with E-state index in [-0.39, 0.29) is 18.1 Å². The summed E-state index contributed by atoms with van der Waals surface area (Å²) in [5, 5.41) is 2.79. The summed E-state index contributed by atoms with van der Waals surface area (Å²) < 4.78 is 10.8. The van der Waals surface area contributed by atoms with Crippen molar-refractivity contribution in [2.45, 2.75) is 32.4 Å². The molecular weight excluding hydrogens is 244 g/mol. The molecule has 0 aromatic heterocycles. The average Bonchev–Trinajstić information content (AvgIpc) is 2.36. The zero-order valence-corrected chi connectivity index (χ0v) is 11.7. The summed E-state index contributed by atoms with van der Waals surface area (Å²) in [6.07, 6.45) is 0.204. The van der Waals surface area contributed by atoms with E-state index in [0.717, 1.165) is 5.75 Å². The van der Waals surface area contributed by atoms with E-state index in [1.54, 1.807) is 20.1 Å². The van der Waals surface area contributed by atoms with Gasteiger partial charge in [0.05, 0.1) is 13.7 Å². The molecule has 5 nitrogen and oxygen atoms in total. The second-order valence-corrected chi connectivity index (χ2v) is 4.59. The van der Waals surface area contributed by atoms with Crippen LogP contribution in [0.3, 0.4) is 0 Å². The molecule has 0 saturated carbocycles. The predicted molar refractivity (Wildman–Crippen MR) is 74.4 cm³/mol. The molecule has 0 radical (unpaired) electrons. The third-order valence-corrected chi connectivity index (χ3v) is 2.47. The van der Waals surface area contributed by atoms with E-state index in [1.165, 1.54) is 0 Å². The molecule has 0 fully saturated rings. The van der Waals surface area contributed by atoms with Crippen LogP contribution in [0, 0.1) is 0 Å². The monoisotopic (exact) mass is 266 g/mol. The standard InChI is InChI=1S/C14H22N2O3/c1-10(15)7-14(17)16-9-11(2)19-13-6-4-5-12(8-13)18-3/h4-6,8,10-11H,7,9,15H2,1-3H3,(H,16,17). The van der Waals surface area contributed by atoms with Gasteiger partial charge in [-0.05, 0) is 26.0 Å². The second-order valence-electron chi connectivity index (χ2n) is 4.59. The Morgan fingerprint density at radius 1 is 1.37 bits per heavy atom. The maximum atomic E-state index is 11.4. The van der Waals surface area contributed by atoms with Gasteiger partial charge in [0.15, 0.2) is 0 Å². The molecule has 2 unspecified atom stereocenters. The maximum Gasteiger partial charge on any atom is 0.221 e. The fraction of sp³-hybridized carbons (Fsp3) is 0.500. The minimum Gasteiger partial charge on any atom is -0.497 e. The van der Waals surface area contributed by atoms with Gasteiger partial charge in [-0.15, -0.1) is 0 Å². The Labute approximate surface area is 114 Å². The molecular formula is C14H22N2O3. The Kier molecular flexibility index (Phi) is 6.15. The molecule has 1 amide bonds. The van der Waals surface area contributed by atoms with Crippen molar-refractivity contribution < 1.29 is 14.3 Å². The number of carbonyl (C=O) groups excluding carboxylic acids is 1. The van der Waals surface area contributed by atoms with Crippen molar-refractivity contribution in [1.29, 1.82) is 0 Å². The number of hydrogen-bond donors (Lipinski definition) is 2. The van der Waals surface area contributed by atoms with Gasteiger partial charge in [0.2, 0.25) is 5.91 Å². The van der Waals surface area contributed by atoms with Crippen LogP contribution in [0.25, 0.3) is 0 Å². The van der Waals surface area contributed by atoms with E-state index in [4.69, 9.17) is 15.2 Å². The van der Waals surface area contributed by atoms with Crippen LogP contribution >= 0.6 is 0 Å². The minimum absolute atomic E-state index is 0.0592. The molecule has 0 spiro atoms. The quantitative estimate of drug-likeness (QED) is 0.780. The first-order valence-corrected chi connectivity index (χ1v) is 6.34. The highest BCUT2D eigenvalue weighted by Gasteiger charge is 2.09. The molecule has 19 heavy (non-hydrogen) atoms. The largest absolute Gasteiger partial charge is 0.497 e. The number of nitrogens with two attached hydrogens (primary N) is 1. The van der Waals surface area contributed by atoms with Crippen molar-refractivity contribution in [3.63, 3.8) is 0 Å². The first-order chi connectivity index (χ1) is 9.01. The molecule has 0 aliphatic carbocycles. The third-order valence-electron chi connectivity index (χ3n) is 2.47. The van der Waals surface area contributed by atoms with Gasteiger partial charge < -0.3 is 20.5 Å². The molecule has 106 valence electrons. The molecule has 3 N–H and O–H groups in total. The van der Waals surface area contributed by atoms with Crippen LogP contribution in [0.15, 0.2) is 24.3 Å². The van der Waals surface area contributed by atoms with Crippen LogP contribution in [-0.4, -0.2) is 31.7 Å². The first kappa shape index (κ1) is 15.3. The summed E-state index contributed by atoms with van der Waals surface area (Å²) in [5.74, 6) is 1.40. The maximum absolute atomic E-state index is 11.4.